The van der Waals surface area contributed by atoms with Gasteiger partial charge in [-0.15, -0.1) is 0 Å². The van der Waals surface area contributed by atoms with Gasteiger partial charge in [0, 0.05) is 23.6 Å². The Morgan fingerprint density at radius 3 is 2.79 bits per heavy atom. The van der Waals surface area contributed by atoms with Crippen molar-refractivity contribution < 1.29 is 0 Å². The monoisotopic (exact) mass is 383 g/mol. The van der Waals surface area contributed by atoms with Crippen LogP contribution in [0.5, 0.6) is 0 Å². The van der Waals surface area contributed by atoms with Crippen LogP contribution >= 0.6 is 0 Å². The molecule has 4 aromatic rings. The molecule has 2 aromatic carbocycles. The lowest BCUT2D eigenvalue weighted by molar-refractivity contribution is 0.323. The normalized spacial score (nSPS) is 14.5. The van der Waals surface area contributed by atoms with Gasteiger partial charge in [-0.05, 0) is 56.3 Å². The first kappa shape index (κ1) is 17.6. The van der Waals surface area contributed by atoms with E-state index in [0.717, 1.165) is 59.0 Å². The Kier molecular flexibility index (Phi) is 4.34. The highest BCUT2D eigenvalue weighted by atomic mass is 15.3. The fourth-order valence-electron chi connectivity index (χ4n) is 4.00. The fourth-order valence-corrected chi connectivity index (χ4v) is 4.00. The SMILES string of the molecule is Cn1nc(-c2cccc(C#N)c2)c2cc(-c3nc(CN4CCCC4)n[nH]3)ccc21. The number of H-pyrrole nitrogens is 1. The van der Waals surface area contributed by atoms with Gasteiger partial charge in [0.15, 0.2) is 11.6 Å². The maximum atomic E-state index is 9.23. The second kappa shape index (κ2) is 7.15. The third-order valence-electron chi connectivity index (χ3n) is 5.48. The predicted octanol–water partition coefficient (Wildman–Crippen LogP) is 3.49. The number of likely N-dealkylation sites (tertiary alicyclic amines) is 1. The minimum atomic E-state index is 0.624. The number of aryl methyl sites for hydroxylation is 1. The molecule has 1 fully saturated rings. The molecule has 144 valence electrons. The predicted molar refractivity (Wildman–Crippen MR) is 111 cm³/mol. The van der Waals surface area contributed by atoms with Crippen molar-refractivity contribution >= 4 is 10.9 Å². The van der Waals surface area contributed by atoms with E-state index in [1.807, 2.05) is 36.0 Å². The van der Waals surface area contributed by atoms with Crippen molar-refractivity contribution in [3.63, 3.8) is 0 Å². The van der Waals surface area contributed by atoms with Crippen molar-refractivity contribution in [1.82, 2.24) is 29.9 Å². The lowest BCUT2D eigenvalue weighted by Gasteiger charge is -2.10. The van der Waals surface area contributed by atoms with E-state index in [-0.39, 0.29) is 0 Å². The fraction of sp³-hybridized carbons (Fsp3) is 0.273. The Morgan fingerprint density at radius 1 is 1.10 bits per heavy atom. The van der Waals surface area contributed by atoms with Crippen LogP contribution in [0.25, 0.3) is 33.5 Å². The van der Waals surface area contributed by atoms with Crippen molar-refractivity contribution in [2.45, 2.75) is 19.4 Å². The number of aromatic amines is 1. The summed E-state index contributed by atoms with van der Waals surface area (Å²) in [6, 6.07) is 15.9. The molecule has 3 heterocycles. The lowest BCUT2D eigenvalue weighted by atomic mass is 10.0. The molecule has 0 saturated carbocycles. The second-order valence-electron chi connectivity index (χ2n) is 7.48. The first-order chi connectivity index (χ1) is 14.2. The van der Waals surface area contributed by atoms with Gasteiger partial charge in [-0.3, -0.25) is 14.7 Å². The summed E-state index contributed by atoms with van der Waals surface area (Å²) in [6.07, 6.45) is 2.51. The van der Waals surface area contributed by atoms with E-state index < -0.39 is 0 Å². The molecule has 1 aliphatic rings. The van der Waals surface area contributed by atoms with E-state index in [0.29, 0.717) is 5.56 Å². The first-order valence-corrected chi connectivity index (χ1v) is 9.82. The number of fused-ring (bicyclic) bond motifs is 1. The second-order valence-corrected chi connectivity index (χ2v) is 7.48. The van der Waals surface area contributed by atoms with Crippen LogP contribution in [0.3, 0.4) is 0 Å². The Bertz CT molecular complexity index is 1220. The first-order valence-electron chi connectivity index (χ1n) is 9.82. The van der Waals surface area contributed by atoms with Gasteiger partial charge in [0.2, 0.25) is 0 Å². The highest BCUT2D eigenvalue weighted by Crippen LogP contribution is 2.31. The van der Waals surface area contributed by atoms with Gasteiger partial charge in [0.1, 0.15) is 5.69 Å². The molecule has 7 heteroatoms. The average molecular weight is 383 g/mol. The Labute approximate surface area is 168 Å². The molecule has 0 spiro atoms. The summed E-state index contributed by atoms with van der Waals surface area (Å²) >= 11 is 0. The molecule has 5 rings (SSSR count). The van der Waals surface area contributed by atoms with Gasteiger partial charge >= 0.3 is 0 Å². The average Bonchev–Trinajstić information content (AvgIpc) is 3.49. The minimum absolute atomic E-state index is 0.624. The highest BCUT2D eigenvalue weighted by molar-refractivity contribution is 5.95. The molecule has 1 N–H and O–H groups in total. The van der Waals surface area contributed by atoms with Gasteiger partial charge in [-0.2, -0.15) is 15.5 Å². The molecule has 0 unspecified atom stereocenters. The maximum Gasteiger partial charge on any atom is 0.165 e. The van der Waals surface area contributed by atoms with E-state index in [4.69, 9.17) is 10.1 Å². The summed E-state index contributed by atoms with van der Waals surface area (Å²) in [5.41, 5.74) is 4.42. The van der Waals surface area contributed by atoms with Gasteiger partial charge in [0.25, 0.3) is 0 Å². The summed E-state index contributed by atoms with van der Waals surface area (Å²) in [6.45, 7) is 3.03. The van der Waals surface area contributed by atoms with Crippen molar-refractivity contribution in [1.29, 1.82) is 5.26 Å². The molecule has 0 radical (unpaired) electrons. The van der Waals surface area contributed by atoms with E-state index >= 15 is 0 Å². The van der Waals surface area contributed by atoms with Gasteiger partial charge in [-0.25, -0.2) is 4.98 Å². The van der Waals surface area contributed by atoms with Crippen molar-refractivity contribution in [2.24, 2.45) is 7.05 Å². The zero-order chi connectivity index (χ0) is 19.8. The number of aromatic nitrogens is 5. The molecule has 2 aromatic heterocycles. The summed E-state index contributed by atoms with van der Waals surface area (Å²) in [7, 11) is 1.93. The largest absolute Gasteiger partial charge is 0.296 e. The van der Waals surface area contributed by atoms with E-state index in [9.17, 15) is 5.26 Å². The number of rotatable bonds is 4. The number of nitriles is 1. The number of benzene rings is 2. The topological polar surface area (TPSA) is 86.4 Å². The molecule has 29 heavy (non-hydrogen) atoms. The quantitative estimate of drug-likeness (QED) is 0.583. The molecule has 7 nitrogen and oxygen atoms in total. The Morgan fingerprint density at radius 2 is 1.97 bits per heavy atom. The van der Waals surface area contributed by atoms with E-state index in [2.05, 4.69) is 33.3 Å². The number of nitrogens with zero attached hydrogens (tertiary/aromatic N) is 6. The van der Waals surface area contributed by atoms with Crippen LogP contribution in [-0.2, 0) is 13.6 Å². The molecule has 0 amide bonds. The lowest BCUT2D eigenvalue weighted by Crippen LogP contribution is -2.19. The molecular weight excluding hydrogens is 362 g/mol. The Balaban J connectivity index is 1.53. The van der Waals surface area contributed by atoms with Crippen LogP contribution < -0.4 is 0 Å². The Hall–Kier alpha value is -3.50. The molecule has 0 atom stereocenters. The number of hydrogen-bond acceptors (Lipinski definition) is 5. The third-order valence-corrected chi connectivity index (χ3v) is 5.48. The molecule has 0 aliphatic carbocycles. The number of hydrogen-bond donors (Lipinski definition) is 1. The van der Waals surface area contributed by atoms with E-state index in [1.54, 1.807) is 6.07 Å². The zero-order valence-electron chi connectivity index (χ0n) is 16.3. The third kappa shape index (κ3) is 3.28. The highest BCUT2D eigenvalue weighted by Gasteiger charge is 2.16. The standard InChI is InChI=1S/C22H21N7/c1-28-19-8-7-17(22-24-20(25-26-22)14-29-9-2-3-10-29)12-18(19)21(27-28)16-6-4-5-15(11-16)13-23/h4-8,11-12H,2-3,9-10,14H2,1H3,(H,24,25,26). The minimum Gasteiger partial charge on any atom is -0.296 e. The van der Waals surface area contributed by atoms with Crippen LogP contribution in [0.1, 0.15) is 24.2 Å². The van der Waals surface area contributed by atoms with Gasteiger partial charge in [0.05, 0.1) is 23.7 Å². The summed E-state index contributed by atoms with van der Waals surface area (Å²) in [5.74, 6) is 1.59. The van der Waals surface area contributed by atoms with Crippen molar-refractivity contribution in [2.75, 3.05) is 13.1 Å². The zero-order valence-corrected chi connectivity index (χ0v) is 16.3. The summed E-state index contributed by atoms with van der Waals surface area (Å²) in [5, 5.41) is 22.4. The molecule has 0 bridgehead atoms. The van der Waals surface area contributed by atoms with Gasteiger partial charge in [-0.1, -0.05) is 12.1 Å². The molecular formula is C22H21N7. The van der Waals surface area contributed by atoms with Crippen molar-refractivity contribution in [3.8, 4) is 28.7 Å². The van der Waals surface area contributed by atoms with Crippen LogP contribution in [0.2, 0.25) is 0 Å². The summed E-state index contributed by atoms with van der Waals surface area (Å²) < 4.78 is 1.87. The maximum absolute atomic E-state index is 9.23. The number of nitrogens with one attached hydrogen (secondary N) is 1. The smallest absolute Gasteiger partial charge is 0.165 e. The summed E-state index contributed by atoms with van der Waals surface area (Å²) in [4.78, 5) is 7.10. The molecule has 1 aliphatic heterocycles. The van der Waals surface area contributed by atoms with Crippen LogP contribution in [0.15, 0.2) is 42.5 Å². The van der Waals surface area contributed by atoms with Gasteiger partial charge < -0.3 is 0 Å². The van der Waals surface area contributed by atoms with Crippen molar-refractivity contribution in [3.05, 3.63) is 53.9 Å². The molecule has 1 saturated heterocycles. The van der Waals surface area contributed by atoms with Crippen LogP contribution in [-0.4, -0.2) is 43.0 Å². The van der Waals surface area contributed by atoms with Crippen LogP contribution in [0.4, 0.5) is 0 Å². The van der Waals surface area contributed by atoms with E-state index in [1.165, 1.54) is 12.8 Å². The van der Waals surface area contributed by atoms with Crippen LogP contribution in [0, 0.1) is 11.3 Å².